The second kappa shape index (κ2) is 5.76. The third-order valence-corrected chi connectivity index (χ3v) is 3.86. The highest BCUT2D eigenvalue weighted by molar-refractivity contribution is 9.10. The zero-order valence-electron chi connectivity index (χ0n) is 11.8. The van der Waals surface area contributed by atoms with E-state index >= 15 is 0 Å². The lowest BCUT2D eigenvalue weighted by Crippen LogP contribution is -2.02. The molecule has 0 aliphatic rings. The summed E-state index contributed by atoms with van der Waals surface area (Å²) in [7, 11) is 0. The molecule has 0 atom stereocenters. The lowest BCUT2D eigenvalue weighted by atomic mass is 10.2. The van der Waals surface area contributed by atoms with Gasteiger partial charge in [-0.25, -0.2) is 4.98 Å². The standard InChI is InChI=1S/C15H13BrN4O2/c1-10-3-2-4-15-18-12(9-19(10)15)8-17-13-6-5-11(16)7-14(13)20(21)22/h2-7,9,17H,8H2,1H3. The van der Waals surface area contributed by atoms with Crippen molar-refractivity contribution in [3.63, 3.8) is 0 Å². The maximum absolute atomic E-state index is 11.1. The molecule has 0 saturated carbocycles. The number of aryl methyl sites for hydroxylation is 1. The predicted octanol–water partition coefficient (Wildman–Crippen LogP) is 3.93. The predicted molar refractivity (Wildman–Crippen MR) is 88.1 cm³/mol. The van der Waals surface area contributed by atoms with Crippen molar-refractivity contribution >= 4 is 33.0 Å². The highest BCUT2D eigenvalue weighted by atomic mass is 79.9. The van der Waals surface area contributed by atoms with Crippen LogP contribution in [0.2, 0.25) is 0 Å². The Morgan fingerprint density at radius 1 is 1.36 bits per heavy atom. The summed E-state index contributed by atoms with van der Waals surface area (Å²) in [6.45, 7) is 2.43. The molecule has 2 heterocycles. The first-order valence-corrected chi connectivity index (χ1v) is 7.45. The van der Waals surface area contributed by atoms with E-state index in [2.05, 4.69) is 26.2 Å². The molecule has 1 N–H and O–H groups in total. The van der Waals surface area contributed by atoms with E-state index in [0.717, 1.165) is 17.0 Å². The van der Waals surface area contributed by atoms with Gasteiger partial charge in [0.1, 0.15) is 11.3 Å². The molecule has 0 saturated heterocycles. The minimum absolute atomic E-state index is 0.0364. The van der Waals surface area contributed by atoms with Crippen LogP contribution in [0.5, 0.6) is 0 Å². The van der Waals surface area contributed by atoms with Gasteiger partial charge in [0.05, 0.1) is 17.2 Å². The number of aromatic nitrogens is 2. The zero-order valence-corrected chi connectivity index (χ0v) is 13.4. The van der Waals surface area contributed by atoms with Crippen LogP contribution in [-0.4, -0.2) is 14.3 Å². The Bertz CT molecular complexity index is 860. The molecule has 1 aromatic carbocycles. The Morgan fingerprint density at radius 3 is 2.91 bits per heavy atom. The lowest BCUT2D eigenvalue weighted by Gasteiger charge is -2.05. The Balaban J connectivity index is 1.85. The Hall–Kier alpha value is -2.41. The van der Waals surface area contributed by atoms with Gasteiger partial charge in [0, 0.05) is 22.4 Å². The average molecular weight is 361 g/mol. The quantitative estimate of drug-likeness (QED) is 0.565. The van der Waals surface area contributed by atoms with Crippen LogP contribution < -0.4 is 5.32 Å². The highest BCUT2D eigenvalue weighted by Crippen LogP contribution is 2.28. The number of imidazole rings is 1. The molecule has 22 heavy (non-hydrogen) atoms. The molecule has 2 aromatic heterocycles. The molecule has 0 bridgehead atoms. The average Bonchev–Trinajstić information content (AvgIpc) is 2.90. The Kier molecular flexibility index (Phi) is 3.81. The summed E-state index contributed by atoms with van der Waals surface area (Å²) < 4.78 is 2.67. The van der Waals surface area contributed by atoms with Gasteiger partial charge in [0.2, 0.25) is 0 Å². The molecule has 0 aliphatic carbocycles. The summed E-state index contributed by atoms with van der Waals surface area (Å²) in [5, 5.41) is 14.2. The van der Waals surface area contributed by atoms with Crippen LogP contribution in [-0.2, 0) is 6.54 Å². The molecule has 7 heteroatoms. The van der Waals surface area contributed by atoms with E-state index in [1.165, 1.54) is 6.07 Å². The number of anilines is 1. The van der Waals surface area contributed by atoms with Gasteiger partial charge in [0.15, 0.2) is 0 Å². The van der Waals surface area contributed by atoms with Crippen LogP contribution in [0.15, 0.2) is 47.1 Å². The fraction of sp³-hybridized carbons (Fsp3) is 0.133. The number of halogens is 1. The van der Waals surface area contributed by atoms with Crippen LogP contribution >= 0.6 is 15.9 Å². The molecule has 6 nitrogen and oxygen atoms in total. The molecular weight excluding hydrogens is 348 g/mol. The van der Waals surface area contributed by atoms with Crippen LogP contribution in [0.25, 0.3) is 5.65 Å². The molecule has 3 rings (SSSR count). The number of nitrogens with one attached hydrogen (secondary N) is 1. The van der Waals surface area contributed by atoms with Gasteiger partial charge in [-0.15, -0.1) is 0 Å². The normalized spacial score (nSPS) is 10.8. The van der Waals surface area contributed by atoms with Gasteiger partial charge in [0.25, 0.3) is 5.69 Å². The Labute approximate surface area is 135 Å². The fourth-order valence-corrected chi connectivity index (χ4v) is 2.62. The van der Waals surface area contributed by atoms with Crippen molar-refractivity contribution in [3.8, 4) is 0 Å². The monoisotopic (exact) mass is 360 g/mol. The van der Waals surface area contributed by atoms with E-state index in [-0.39, 0.29) is 5.69 Å². The molecule has 0 unspecified atom stereocenters. The van der Waals surface area contributed by atoms with E-state index in [9.17, 15) is 10.1 Å². The molecule has 0 radical (unpaired) electrons. The van der Waals surface area contributed by atoms with Gasteiger partial charge < -0.3 is 9.72 Å². The summed E-state index contributed by atoms with van der Waals surface area (Å²) in [5.74, 6) is 0. The number of pyridine rings is 1. The van der Waals surface area contributed by atoms with Crippen LogP contribution in [0, 0.1) is 17.0 Å². The van der Waals surface area contributed by atoms with E-state index in [1.54, 1.807) is 12.1 Å². The molecular formula is C15H13BrN4O2. The molecule has 0 amide bonds. The van der Waals surface area contributed by atoms with E-state index in [0.29, 0.717) is 16.7 Å². The number of hydrogen-bond acceptors (Lipinski definition) is 4. The third kappa shape index (κ3) is 2.80. The number of rotatable bonds is 4. The second-order valence-electron chi connectivity index (χ2n) is 4.90. The van der Waals surface area contributed by atoms with Gasteiger partial charge in [-0.05, 0) is 31.2 Å². The SMILES string of the molecule is Cc1cccc2nc(CNc3ccc(Br)cc3[N+](=O)[O-])cn12. The lowest BCUT2D eigenvalue weighted by molar-refractivity contribution is -0.384. The van der Waals surface area contributed by atoms with E-state index in [1.807, 2.05) is 35.7 Å². The van der Waals surface area contributed by atoms with Crippen LogP contribution in [0.1, 0.15) is 11.4 Å². The maximum atomic E-state index is 11.1. The molecule has 112 valence electrons. The minimum Gasteiger partial charge on any atom is -0.374 e. The fourth-order valence-electron chi connectivity index (χ4n) is 2.28. The van der Waals surface area contributed by atoms with Crippen molar-refractivity contribution in [2.45, 2.75) is 13.5 Å². The van der Waals surface area contributed by atoms with Crippen LogP contribution in [0.4, 0.5) is 11.4 Å². The number of fused-ring (bicyclic) bond motifs is 1. The third-order valence-electron chi connectivity index (χ3n) is 3.36. The first-order valence-electron chi connectivity index (χ1n) is 6.66. The summed E-state index contributed by atoms with van der Waals surface area (Å²) in [5.41, 5.74) is 3.29. The number of nitro groups is 1. The minimum atomic E-state index is -0.402. The number of nitro benzene ring substituents is 1. The van der Waals surface area contributed by atoms with Crippen molar-refractivity contribution in [2.24, 2.45) is 0 Å². The number of nitrogens with zero attached hydrogens (tertiary/aromatic N) is 3. The van der Waals surface area contributed by atoms with Crippen LogP contribution in [0.3, 0.4) is 0 Å². The van der Waals surface area contributed by atoms with E-state index < -0.39 is 4.92 Å². The maximum Gasteiger partial charge on any atom is 0.293 e. The highest BCUT2D eigenvalue weighted by Gasteiger charge is 2.14. The second-order valence-corrected chi connectivity index (χ2v) is 5.82. The summed E-state index contributed by atoms with van der Waals surface area (Å²) >= 11 is 3.24. The number of benzene rings is 1. The number of hydrogen-bond donors (Lipinski definition) is 1. The smallest absolute Gasteiger partial charge is 0.293 e. The molecule has 0 aliphatic heterocycles. The molecule has 0 spiro atoms. The van der Waals surface area contributed by atoms with E-state index in [4.69, 9.17) is 0 Å². The van der Waals surface area contributed by atoms with Crippen molar-refractivity contribution < 1.29 is 4.92 Å². The van der Waals surface area contributed by atoms with Gasteiger partial charge in [-0.3, -0.25) is 10.1 Å². The van der Waals surface area contributed by atoms with Crippen molar-refractivity contribution in [1.29, 1.82) is 0 Å². The molecule has 0 fully saturated rings. The largest absolute Gasteiger partial charge is 0.374 e. The summed E-state index contributed by atoms with van der Waals surface area (Å²) in [6.07, 6.45) is 1.93. The van der Waals surface area contributed by atoms with Gasteiger partial charge in [-0.2, -0.15) is 0 Å². The summed E-state index contributed by atoms with van der Waals surface area (Å²) in [6, 6.07) is 10.8. The van der Waals surface area contributed by atoms with Gasteiger partial charge in [-0.1, -0.05) is 22.0 Å². The van der Waals surface area contributed by atoms with Gasteiger partial charge >= 0.3 is 0 Å². The molecule has 3 aromatic rings. The first kappa shape index (κ1) is 14.5. The van der Waals surface area contributed by atoms with Crippen molar-refractivity contribution in [2.75, 3.05) is 5.32 Å². The first-order chi connectivity index (χ1) is 10.5. The van der Waals surface area contributed by atoms with Crippen molar-refractivity contribution in [3.05, 3.63) is 68.6 Å². The zero-order chi connectivity index (χ0) is 15.7. The Morgan fingerprint density at radius 2 is 2.18 bits per heavy atom. The summed E-state index contributed by atoms with van der Waals surface area (Å²) in [4.78, 5) is 15.2. The topological polar surface area (TPSA) is 72.5 Å². The van der Waals surface area contributed by atoms with Crippen molar-refractivity contribution in [1.82, 2.24) is 9.38 Å².